The monoisotopic (exact) mass is 232 g/mol. The molecular weight excluding hydrogens is 212 g/mol. The molecule has 0 aliphatic heterocycles. The van der Waals surface area contributed by atoms with Crippen molar-refractivity contribution in [2.45, 2.75) is 26.7 Å². The third-order valence-electron chi connectivity index (χ3n) is 2.70. The van der Waals surface area contributed by atoms with Crippen LogP contribution in [0.4, 0.5) is 5.69 Å². The first-order chi connectivity index (χ1) is 8.00. The van der Waals surface area contributed by atoms with Gasteiger partial charge in [-0.25, -0.2) is 0 Å². The lowest BCUT2D eigenvalue weighted by atomic mass is 9.99. The van der Waals surface area contributed by atoms with Crippen molar-refractivity contribution in [3.8, 4) is 12.8 Å². The molecule has 1 aromatic carbocycles. The standard InChI is InChI=1S/C12H18N2O.C2H2/c1-8-3-5-10(7-11(8)13)6-4-9(2)12(14)15;1-2/h3,5,7,9H,4,6,13H2,1-2H3,(H2,14,15);1-2H/t9-;/m0./s1. The van der Waals surface area contributed by atoms with Crippen LogP contribution in [0, 0.1) is 25.7 Å². The Labute approximate surface area is 103 Å². The van der Waals surface area contributed by atoms with Crippen molar-refractivity contribution in [1.82, 2.24) is 0 Å². The van der Waals surface area contributed by atoms with Crippen LogP contribution in [0.3, 0.4) is 0 Å². The van der Waals surface area contributed by atoms with Crippen LogP contribution >= 0.6 is 0 Å². The molecule has 1 amide bonds. The lowest BCUT2D eigenvalue weighted by molar-refractivity contribution is -0.121. The van der Waals surface area contributed by atoms with Crippen molar-refractivity contribution >= 4 is 11.6 Å². The van der Waals surface area contributed by atoms with Gasteiger partial charge in [-0.15, -0.1) is 12.8 Å². The smallest absolute Gasteiger partial charge is 0.220 e. The fraction of sp³-hybridized carbons (Fsp3) is 0.357. The van der Waals surface area contributed by atoms with Gasteiger partial charge in [0.2, 0.25) is 5.91 Å². The van der Waals surface area contributed by atoms with Gasteiger partial charge >= 0.3 is 0 Å². The number of rotatable bonds is 4. The molecule has 17 heavy (non-hydrogen) atoms. The minimum atomic E-state index is -0.241. The van der Waals surface area contributed by atoms with Crippen LogP contribution in [-0.2, 0) is 11.2 Å². The number of carbonyl (C=O) groups is 1. The number of hydrogen-bond donors (Lipinski definition) is 2. The number of primary amides is 1. The van der Waals surface area contributed by atoms with E-state index in [-0.39, 0.29) is 11.8 Å². The average molecular weight is 232 g/mol. The van der Waals surface area contributed by atoms with Crippen LogP contribution in [-0.4, -0.2) is 5.91 Å². The summed E-state index contributed by atoms with van der Waals surface area (Å²) in [6.45, 7) is 3.82. The Kier molecular flexibility index (Phi) is 6.50. The van der Waals surface area contributed by atoms with Gasteiger partial charge in [-0.2, -0.15) is 0 Å². The van der Waals surface area contributed by atoms with Crippen LogP contribution in [0.25, 0.3) is 0 Å². The van der Waals surface area contributed by atoms with E-state index in [1.807, 2.05) is 32.0 Å². The van der Waals surface area contributed by atoms with E-state index in [0.29, 0.717) is 0 Å². The first-order valence-electron chi connectivity index (χ1n) is 5.48. The van der Waals surface area contributed by atoms with E-state index in [1.165, 1.54) is 0 Å². The second-order valence-electron chi connectivity index (χ2n) is 4.03. The maximum absolute atomic E-state index is 10.8. The minimum absolute atomic E-state index is 0.0764. The Morgan fingerprint density at radius 3 is 2.47 bits per heavy atom. The molecule has 0 bridgehead atoms. The second-order valence-corrected chi connectivity index (χ2v) is 4.03. The number of nitrogens with two attached hydrogens (primary N) is 2. The van der Waals surface area contributed by atoms with E-state index in [1.54, 1.807) is 0 Å². The van der Waals surface area contributed by atoms with Crippen LogP contribution in [0.15, 0.2) is 18.2 Å². The maximum atomic E-state index is 10.8. The fourth-order valence-electron chi connectivity index (χ4n) is 1.37. The number of benzene rings is 1. The highest BCUT2D eigenvalue weighted by Gasteiger charge is 2.08. The Morgan fingerprint density at radius 2 is 2.00 bits per heavy atom. The molecule has 0 unspecified atom stereocenters. The second kappa shape index (κ2) is 7.34. The fourth-order valence-corrected chi connectivity index (χ4v) is 1.37. The lowest BCUT2D eigenvalue weighted by Crippen LogP contribution is -2.20. The van der Waals surface area contributed by atoms with Gasteiger partial charge in [-0.05, 0) is 37.0 Å². The molecule has 0 aromatic heterocycles. The number of anilines is 1. The molecule has 1 rings (SSSR count). The normalized spacial score (nSPS) is 11.1. The average Bonchev–Trinajstić information content (AvgIpc) is 2.32. The zero-order chi connectivity index (χ0) is 13.4. The third kappa shape index (κ3) is 5.07. The summed E-state index contributed by atoms with van der Waals surface area (Å²) < 4.78 is 0. The predicted octanol–water partition coefficient (Wildman–Crippen LogP) is 1.88. The zero-order valence-electron chi connectivity index (χ0n) is 10.4. The van der Waals surface area contributed by atoms with Crippen molar-refractivity contribution in [2.75, 3.05) is 5.73 Å². The van der Waals surface area contributed by atoms with Crippen LogP contribution in [0.1, 0.15) is 24.5 Å². The summed E-state index contributed by atoms with van der Waals surface area (Å²) in [5.74, 6) is -0.317. The molecule has 0 aliphatic rings. The van der Waals surface area contributed by atoms with Crippen molar-refractivity contribution in [3.05, 3.63) is 29.3 Å². The van der Waals surface area contributed by atoms with E-state index in [9.17, 15) is 4.79 Å². The lowest BCUT2D eigenvalue weighted by Gasteiger charge is -2.08. The molecular formula is C14H20N2O. The summed E-state index contributed by atoms with van der Waals surface area (Å²) >= 11 is 0. The number of carbonyl (C=O) groups excluding carboxylic acids is 1. The molecule has 0 aliphatic carbocycles. The summed E-state index contributed by atoms with van der Waals surface area (Å²) in [5.41, 5.74) is 14.0. The molecule has 3 nitrogen and oxygen atoms in total. The zero-order valence-corrected chi connectivity index (χ0v) is 10.4. The van der Waals surface area contributed by atoms with E-state index < -0.39 is 0 Å². The van der Waals surface area contributed by atoms with Crippen LogP contribution in [0.5, 0.6) is 0 Å². The van der Waals surface area contributed by atoms with Crippen molar-refractivity contribution < 1.29 is 4.79 Å². The Balaban J connectivity index is 0.00000121. The number of nitrogen functional groups attached to an aromatic ring is 1. The number of terminal acetylenes is 1. The topological polar surface area (TPSA) is 69.1 Å². The molecule has 0 fully saturated rings. The minimum Gasteiger partial charge on any atom is -0.399 e. The van der Waals surface area contributed by atoms with Crippen molar-refractivity contribution in [2.24, 2.45) is 11.7 Å². The summed E-state index contributed by atoms with van der Waals surface area (Å²) in [6.07, 6.45) is 9.62. The molecule has 0 saturated heterocycles. The van der Waals surface area contributed by atoms with Gasteiger partial charge in [-0.1, -0.05) is 19.1 Å². The van der Waals surface area contributed by atoms with E-state index in [0.717, 1.165) is 29.7 Å². The van der Waals surface area contributed by atoms with Gasteiger partial charge in [0.05, 0.1) is 0 Å². The van der Waals surface area contributed by atoms with Gasteiger partial charge in [0.15, 0.2) is 0 Å². The molecule has 1 atom stereocenters. The summed E-state index contributed by atoms with van der Waals surface area (Å²) in [6, 6.07) is 6.00. The highest BCUT2D eigenvalue weighted by Crippen LogP contribution is 2.15. The van der Waals surface area contributed by atoms with Gasteiger partial charge in [0.25, 0.3) is 0 Å². The Hall–Kier alpha value is -1.95. The predicted molar refractivity (Wildman–Crippen MR) is 72.2 cm³/mol. The van der Waals surface area contributed by atoms with Crippen LogP contribution < -0.4 is 11.5 Å². The summed E-state index contributed by atoms with van der Waals surface area (Å²) in [4.78, 5) is 10.8. The van der Waals surface area contributed by atoms with Gasteiger partial charge in [0.1, 0.15) is 0 Å². The molecule has 3 heteroatoms. The SMILES string of the molecule is C#C.Cc1ccc(CC[C@H](C)C(N)=O)cc1N. The Bertz CT molecular complexity index is 396. The first-order valence-corrected chi connectivity index (χ1v) is 5.48. The quantitative estimate of drug-likeness (QED) is 0.614. The van der Waals surface area contributed by atoms with E-state index in [2.05, 4.69) is 12.8 Å². The van der Waals surface area contributed by atoms with Gasteiger partial charge in [0, 0.05) is 11.6 Å². The molecule has 92 valence electrons. The van der Waals surface area contributed by atoms with Gasteiger partial charge < -0.3 is 11.5 Å². The molecule has 0 radical (unpaired) electrons. The molecule has 0 saturated carbocycles. The molecule has 0 heterocycles. The number of hydrogen-bond acceptors (Lipinski definition) is 2. The van der Waals surface area contributed by atoms with Crippen molar-refractivity contribution in [3.63, 3.8) is 0 Å². The van der Waals surface area contributed by atoms with Gasteiger partial charge in [-0.3, -0.25) is 4.79 Å². The van der Waals surface area contributed by atoms with Crippen LogP contribution in [0.2, 0.25) is 0 Å². The van der Waals surface area contributed by atoms with Crippen molar-refractivity contribution in [1.29, 1.82) is 0 Å². The number of amides is 1. The molecule has 4 N–H and O–H groups in total. The Morgan fingerprint density at radius 1 is 1.41 bits per heavy atom. The largest absolute Gasteiger partial charge is 0.399 e. The van der Waals surface area contributed by atoms with E-state index in [4.69, 9.17) is 11.5 Å². The first kappa shape index (κ1) is 15.0. The summed E-state index contributed by atoms with van der Waals surface area (Å²) in [5, 5.41) is 0. The highest BCUT2D eigenvalue weighted by atomic mass is 16.1. The summed E-state index contributed by atoms with van der Waals surface area (Å²) in [7, 11) is 0. The molecule has 0 spiro atoms. The van der Waals surface area contributed by atoms with E-state index >= 15 is 0 Å². The molecule has 1 aromatic rings. The third-order valence-corrected chi connectivity index (χ3v) is 2.70. The highest BCUT2D eigenvalue weighted by molar-refractivity contribution is 5.76. The number of aryl methyl sites for hydroxylation is 2. The maximum Gasteiger partial charge on any atom is 0.220 e.